The fourth-order valence-electron chi connectivity index (χ4n) is 4.07. The lowest BCUT2D eigenvalue weighted by atomic mass is 9.96. The van der Waals surface area contributed by atoms with Crippen molar-refractivity contribution in [3.63, 3.8) is 0 Å². The van der Waals surface area contributed by atoms with E-state index in [1.807, 2.05) is 19.1 Å². The zero-order chi connectivity index (χ0) is 21.1. The van der Waals surface area contributed by atoms with Gasteiger partial charge in [0.05, 0.1) is 5.92 Å². The maximum atomic E-state index is 12.7. The number of hydrogen-bond acceptors (Lipinski definition) is 4. The van der Waals surface area contributed by atoms with Crippen molar-refractivity contribution in [2.24, 2.45) is 5.92 Å². The molecule has 158 valence electrons. The molecule has 1 saturated heterocycles. The molecule has 3 amide bonds. The average Bonchev–Trinajstić information content (AvgIpc) is 3.19. The number of piperidine rings is 1. The summed E-state index contributed by atoms with van der Waals surface area (Å²) in [6, 6.07) is 7.10. The molecule has 0 bridgehead atoms. The quantitative estimate of drug-likeness (QED) is 0.767. The smallest absolute Gasteiger partial charge is 0.289 e. The van der Waals surface area contributed by atoms with Crippen molar-refractivity contribution in [1.29, 1.82) is 0 Å². The highest BCUT2D eigenvalue weighted by Crippen LogP contribution is 2.26. The van der Waals surface area contributed by atoms with E-state index < -0.39 is 0 Å². The van der Waals surface area contributed by atoms with Gasteiger partial charge in [-0.1, -0.05) is 19.1 Å². The summed E-state index contributed by atoms with van der Waals surface area (Å²) >= 11 is 0. The third-order valence-corrected chi connectivity index (χ3v) is 5.70. The van der Waals surface area contributed by atoms with Gasteiger partial charge in [-0.05, 0) is 43.5 Å². The van der Waals surface area contributed by atoms with E-state index in [9.17, 15) is 14.4 Å². The van der Waals surface area contributed by atoms with Crippen molar-refractivity contribution in [2.75, 3.05) is 31.5 Å². The van der Waals surface area contributed by atoms with Crippen LogP contribution >= 0.6 is 0 Å². The van der Waals surface area contributed by atoms with E-state index in [-0.39, 0.29) is 23.6 Å². The summed E-state index contributed by atoms with van der Waals surface area (Å²) in [7, 11) is 0. The van der Waals surface area contributed by atoms with E-state index in [4.69, 9.17) is 4.42 Å². The molecule has 2 aliphatic rings. The molecule has 0 saturated carbocycles. The molecule has 1 N–H and O–H groups in total. The number of furan rings is 1. The van der Waals surface area contributed by atoms with Gasteiger partial charge in [-0.25, -0.2) is 0 Å². The Morgan fingerprint density at radius 3 is 2.87 bits per heavy atom. The molecule has 1 atom stereocenters. The third-order valence-electron chi connectivity index (χ3n) is 5.70. The zero-order valence-electron chi connectivity index (χ0n) is 17.2. The van der Waals surface area contributed by atoms with Crippen LogP contribution in [-0.4, -0.2) is 53.7 Å². The van der Waals surface area contributed by atoms with Crippen LogP contribution in [0.4, 0.5) is 5.69 Å². The van der Waals surface area contributed by atoms with E-state index in [0.29, 0.717) is 56.1 Å². The first-order valence-corrected chi connectivity index (χ1v) is 10.6. The van der Waals surface area contributed by atoms with Crippen molar-refractivity contribution in [2.45, 2.75) is 32.6 Å². The number of rotatable bonds is 5. The van der Waals surface area contributed by atoms with Crippen LogP contribution in [-0.2, 0) is 9.59 Å². The molecule has 1 unspecified atom stereocenters. The highest BCUT2D eigenvalue weighted by molar-refractivity contribution is 5.99. The Bertz CT molecular complexity index is 993. The molecule has 1 aromatic heterocycles. The first-order chi connectivity index (χ1) is 14.5. The van der Waals surface area contributed by atoms with Crippen LogP contribution < -0.4 is 5.32 Å². The van der Waals surface area contributed by atoms with Crippen LogP contribution in [0.25, 0.3) is 11.0 Å². The van der Waals surface area contributed by atoms with Crippen molar-refractivity contribution in [3.05, 3.63) is 42.2 Å². The molecule has 1 aromatic carbocycles. The highest BCUT2D eigenvalue weighted by atomic mass is 16.3. The minimum atomic E-state index is -0.210. The first kappa shape index (κ1) is 20.2. The Balaban J connectivity index is 1.44. The van der Waals surface area contributed by atoms with E-state index in [0.717, 1.165) is 18.2 Å². The normalized spacial score (nSPS) is 19.4. The van der Waals surface area contributed by atoms with E-state index >= 15 is 0 Å². The molecule has 3 heterocycles. The molecule has 1 fully saturated rings. The van der Waals surface area contributed by atoms with Crippen molar-refractivity contribution >= 4 is 34.4 Å². The Labute approximate surface area is 175 Å². The van der Waals surface area contributed by atoms with Gasteiger partial charge in [0.1, 0.15) is 5.58 Å². The summed E-state index contributed by atoms with van der Waals surface area (Å²) in [4.78, 5) is 40.9. The highest BCUT2D eigenvalue weighted by Gasteiger charge is 2.30. The van der Waals surface area contributed by atoms with Gasteiger partial charge in [0.15, 0.2) is 5.76 Å². The number of fused-ring (bicyclic) bond motifs is 1. The fraction of sp³-hybridized carbons (Fsp3) is 0.435. The molecular formula is C23H27N3O4. The third kappa shape index (κ3) is 4.25. The molecule has 30 heavy (non-hydrogen) atoms. The van der Waals surface area contributed by atoms with E-state index in [2.05, 4.69) is 11.4 Å². The number of nitrogens with one attached hydrogen (secondary N) is 1. The van der Waals surface area contributed by atoms with Crippen molar-refractivity contribution in [1.82, 2.24) is 9.80 Å². The Morgan fingerprint density at radius 1 is 1.23 bits per heavy atom. The minimum absolute atomic E-state index is 0.0807. The molecule has 0 radical (unpaired) electrons. The monoisotopic (exact) mass is 409 g/mol. The average molecular weight is 409 g/mol. The van der Waals surface area contributed by atoms with Crippen LogP contribution in [0.3, 0.4) is 0 Å². The lowest BCUT2D eigenvalue weighted by Gasteiger charge is -2.31. The molecule has 0 spiro atoms. The molecule has 4 rings (SSSR count). The second kappa shape index (κ2) is 8.73. The second-order valence-corrected chi connectivity index (χ2v) is 7.94. The van der Waals surface area contributed by atoms with Gasteiger partial charge >= 0.3 is 0 Å². The molecule has 2 aliphatic heterocycles. The molecule has 2 aromatic rings. The van der Waals surface area contributed by atoms with Crippen LogP contribution in [0.2, 0.25) is 0 Å². The summed E-state index contributed by atoms with van der Waals surface area (Å²) in [5.41, 5.74) is 1.27. The Kier molecular flexibility index (Phi) is 5.88. The second-order valence-electron chi connectivity index (χ2n) is 7.94. The summed E-state index contributed by atoms with van der Waals surface area (Å²) < 4.78 is 5.74. The number of carbonyl (C=O) groups is 3. The number of hydrogen-bond donors (Lipinski definition) is 1. The summed E-state index contributed by atoms with van der Waals surface area (Å²) in [5.74, 6) is 0.0253. The van der Waals surface area contributed by atoms with Gasteiger partial charge in [0.2, 0.25) is 11.8 Å². The van der Waals surface area contributed by atoms with E-state index in [1.165, 1.54) is 0 Å². The number of likely N-dealkylation sites (tertiary alicyclic amines) is 1. The largest absolute Gasteiger partial charge is 0.451 e. The lowest BCUT2D eigenvalue weighted by Crippen LogP contribution is -2.44. The lowest BCUT2D eigenvalue weighted by molar-refractivity contribution is -0.137. The zero-order valence-corrected chi connectivity index (χ0v) is 17.2. The van der Waals surface area contributed by atoms with Gasteiger partial charge in [-0.2, -0.15) is 0 Å². The predicted molar refractivity (Wildman–Crippen MR) is 114 cm³/mol. The molecule has 7 heteroatoms. The fourth-order valence-corrected chi connectivity index (χ4v) is 4.07. The molecule has 7 nitrogen and oxygen atoms in total. The predicted octanol–water partition coefficient (Wildman–Crippen LogP) is 3.42. The number of carbonyl (C=O) groups excluding carboxylic acids is 3. The number of amides is 3. The van der Waals surface area contributed by atoms with Crippen LogP contribution in [0, 0.1) is 5.92 Å². The first-order valence-electron chi connectivity index (χ1n) is 10.6. The topological polar surface area (TPSA) is 82.9 Å². The van der Waals surface area contributed by atoms with Gasteiger partial charge in [-0.3, -0.25) is 14.4 Å². The molecular weight excluding hydrogens is 382 g/mol. The van der Waals surface area contributed by atoms with Crippen molar-refractivity contribution in [3.8, 4) is 0 Å². The van der Waals surface area contributed by atoms with Gasteiger partial charge < -0.3 is 19.5 Å². The Hall–Kier alpha value is -3.09. The van der Waals surface area contributed by atoms with Gasteiger partial charge in [-0.15, -0.1) is 0 Å². The number of benzene rings is 1. The standard InChI is InChI=1S/C23H27N3O4/c1-2-10-26-15-16(6-9-21(26)27)22(28)24-18-7-8-19-17(13-18)14-20(30-19)23(29)25-11-4-3-5-12-25/h3-4,7-8,13-14,16H,2,5-6,9-12,15H2,1H3,(H,24,28). The maximum Gasteiger partial charge on any atom is 0.289 e. The maximum absolute atomic E-state index is 12.7. The Morgan fingerprint density at radius 2 is 2.10 bits per heavy atom. The summed E-state index contributed by atoms with van der Waals surface area (Å²) in [6.07, 6.45) is 6.77. The summed E-state index contributed by atoms with van der Waals surface area (Å²) in [6.45, 7) is 4.46. The number of anilines is 1. The van der Waals surface area contributed by atoms with Gasteiger partial charge in [0.25, 0.3) is 5.91 Å². The van der Waals surface area contributed by atoms with Crippen LogP contribution in [0.1, 0.15) is 43.2 Å². The van der Waals surface area contributed by atoms with Crippen molar-refractivity contribution < 1.29 is 18.8 Å². The van der Waals surface area contributed by atoms with Crippen LogP contribution in [0.15, 0.2) is 40.8 Å². The van der Waals surface area contributed by atoms with Gasteiger partial charge in [0, 0.05) is 43.7 Å². The molecule has 0 aliphatic carbocycles. The number of nitrogens with zero attached hydrogens (tertiary/aromatic N) is 2. The minimum Gasteiger partial charge on any atom is -0.451 e. The van der Waals surface area contributed by atoms with Crippen LogP contribution in [0.5, 0.6) is 0 Å². The summed E-state index contributed by atoms with van der Waals surface area (Å²) in [5, 5.41) is 3.73. The van der Waals surface area contributed by atoms with E-state index in [1.54, 1.807) is 28.0 Å². The SMILES string of the molecule is CCCN1CC(C(=O)Nc2ccc3oc(C(=O)N4CC=CCC4)cc3c2)CCC1=O.